The van der Waals surface area contributed by atoms with E-state index in [1.807, 2.05) is 6.92 Å². The molecule has 0 heteroatoms. The summed E-state index contributed by atoms with van der Waals surface area (Å²) in [5, 5.41) is 0. The van der Waals surface area contributed by atoms with E-state index in [4.69, 9.17) is 0 Å². The van der Waals surface area contributed by atoms with Gasteiger partial charge in [-0.25, -0.2) is 0 Å². The first-order valence-corrected chi connectivity index (χ1v) is 11.7. The minimum Gasteiger partial charge on any atom is -0.0988 e. The molecule has 0 saturated heterocycles. The van der Waals surface area contributed by atoms with Crippen LogP contribution >= 0.6 is 0 Å². The summed E-state index contributed by atoms with van der Waals surface area (Å²) < 4.78 is 0. The molecule has 28 heavy (non-hydrogen) atoms. The van der Waals surface area contributed by atoms with Crippen molar-refractivity contribution in [3.63, 3.8) is 0 Å². The van der Waals surface area contributed by atoms with E-state index in [0.29, 0.717) is 0 Å². The van der Waals surface area contributed by atoms with Gasteiger partial charge >= 0.3 is 0 Å². The zero-order chi connectivity index (χ0) is 21.8. The van der Waals surface area contributed by atoms with Gasteiger partial charge in [0.1, 0.15) is 0 Å². The van der Waals surface area contributed by atoms with Crippen molar-refractivity contribution in [3.05, 3.63) is 60.2 Å². The molecule has 0 spiro atoms. The van der Waals surface area contributed by atoms with Crippen molar-refractivity contribution in [2.45, 2.75) is 112 Å². The molecule has 1 saturated carbocycles. The van der Waals surface area contributed by atoms with Crippen LogP contribution in [-0.4, -0.2) is 0 Å². The Labute approximate surface area is 178 Å². The molecule has 1 aliphatic carbocycles. The van der Waals surface area contributed by atoms with E-state index in [2.05, 4.69) is 79.0 Å². The molecule has 1 aromatic carbocycles. The van der Waals surface area contributed by atoms with Crippen LogP contribution in [0.2, 0.25) is 0 Å². The monoisotopic (exact) mass is 386 g/mol. The van der Waals surface area contributed by atoms with Crippen molar-refractivity contribution in [1.82, 2.24) is 0 Å². The van der Waals surface area contributed by atoms with Gasteiger partial charge in [-0.3, -0.25) is 0 Å². The number of unbranched alkanes of at least 4 members (excludes halogenated alkanes) is 3. The van der Waals surface area contributed by atoms with Crippen molar-refractivity contribution >= 4 is 0 Å². The van der Waals surface area contributed by atoms with E-state index in [-0.39, 0.29) is 0 Å². The van der Waals surface area contributed by atoms with Crippen LogP contribution in [0.4, 0.5) is 0 Å². The van der Waals surface area contributed by atoms with E-state index in [1.54, 1.807) is 11.6 Å². The maximum Gasteiger partial charge on any atom is -0.0162 e. The van der Waals surface area contributed by atoms with Gasteiger partial charge in [-0.15, -0.1) is 0 Å². The third-order valence-corrected chi connectivity index (χ3v) is 5.12. The Morgan fingerprint density at radius 1 is 0.893 bits per heavy atom. The Bertz CT molecular complexity index is 453. The van der Waals surface area contributed by atoms with Crippen LogP contribution in [0.1, 0.15) is 116 Å². The summed E-state index contributed by atoms with van der Waals surface area (Å²) >= 11 is 0. The number of aryl methyl sites for hydroxylation is 1. The zero-order valence-electron chi connectivity index (χ0n) is 20.3. The van der Waals surface area contributed by atoms with Crippen molar-refractivity contribution in [2.24, 2.45) is 5.92 Å². The van der Waals surface area contributed by atoms with Gasteiger partial charge in [0.25, 0.3) is 0 Å². The maximum atomic E-state index is 3.56. The summed E-state index contributed by atoms with van der Waals surface area (Å²) in [5.74, 6) is 1.79. The van der Waals surface area contributed by atoms with E-state index in [1.165, 1.54) is 63.4 Å². The Morgan fingerprint density at radius 3 is 1.61 bits per heavy atom. The van der Waals surface area contributed by atoms with Crippen LogP contribution < -0.4 is 0 Å². The SMILES string of the molecule is C=CC(=C)C.CCCC.CCCCC.Cc1ccc(C2CCC(C)CC2)cc1. The molecule has 0 unspecified atom stereocenters. The van der Waals surface area contributed by atoms with Crippen molar-refractivity contribution < 1.29 is 0 Å². The highest BCUT2D eigenvalue weighted by Gasteiger charge is 2.19. The number of benzene rings is 1. The molecule has 1 aliphatic rings. The number of allylic oxidation sites excluding steroid dienone is 2. The number of rotatable bonds is 5. The summed E-state index contributed by atoms with van der Waals surface area (Å²) in [5.41, 5.74) is 3.95. The zero-order valence-corrected chi connectivity index (χ0v) is 20.3. The molecule has 1 fully saturated rings. The Kier molecular flexibility index (Phi) is 21.1. The van der Waals surface area contributed by atoms with Crippen molar-refractivity contribution in [1.29, 1.82) is 0 Å². The molecular weight excluding hydrogens is 336 g/mol. The summed E-state index contributed by atoms with van der Waals surface area (Å²) in [4.78, 5) is 0. The molecule has 0 amide bonds. The lowest BCUT2D eigenvalue weighted by Gasteiger charge is -2.26. The van der Waals surface area contributed by atoms with E-state index in [0.717, 1.165) is 17.4 Å². The average Bonchev–Trinajstić information content (AvgIpc) is 2.71. The number of hydrogen-bond acceptors (Lipinski definition) is 0. The summed E-state index contributed by atoms with van der Waals surface area (Å²) in [6, 6.07) is 9.12. The molecule has 0 bridgehead atoms. The Morgan fingerprint density at radius 2 is 1.32 bits per heavy atom. The average molecular weight is 387 g/mol. The fourth-order valence-electron chi connectivity index (χ4n) is 2.79. The van der Waals surface area contributed by atoms with Gasteiger partial charge in [-0.05, 0) is 44.1 Å². The minimum atomic E-state index is 0.840. The van der Waals surface area contributed by atoms with Gasteiger partial charge in [0.15, 0.2) is 0 Å². The first-order valence-electron chi connectivity index (χ1n) is 11.7. The molecule has 2 rings (SSSR count). The molecule has 0 atom stereocenters. The van der Waals surface area contributed by atoms with Gasteiger partial charge < -0.3 is 0 Å². The fourth-order valence-corrected chi connectivity index (χ4v) is 2.79. The van der Waals surface area contributed by atoms with E-state index in [9.17, 15) is 0 Å². The normalized spacial score (nSPS) is 17.5. The van der Waals surface area contributed by atoms with Crippen molar-refractivity contribution in [2.75, 3.05) is 0 Å². The van der Waals surface area contributed by atoms with Crippen LogP contribution in [0.25, 0.3) is 0 Å². The van der Waals surface area contributed by atoms with Crippen molar-refractivity contribution in [3.8, 4) is 0 Å². The molecule has 1 aromatic rings. The van der Waals surface area contributed by atoms with Crippen LogP contribution in [0.5, 0.6) is 0 Å². The second-order valence-electron chi connectivity index (χ2n) is 8.27. The minimum absolute atomic E-state index is 0.840. The largest absolute Gasteiger partial charge is 0.0988 e. The van der Waals surface area contributed by atoms with Crippen LogP contribution in [0, 0.1) is 12.8 Å². The topological polar surface area (TPSA) is 0 Å². The van der Waals surface area contributed by atoms with Gasteiger partial charge in [-0.2, -0.15) is 0 Å². The molecule has 0 aromatic heterocycles. The molecule has 0 N–H and O–H groups in total. The van der Waals surface area contributed by atoms with Crippen LogP contribution in [0.3, 0.4) is 0 Å². The quantitative estimate of drug-likeness (QED) is 0.441. The van der Waals surface area contributed by atoms with Crippen LogP contribution in [-0.2, 0) is 0 Å². The smallest absolute Gasteiger partial charge is 0.0162 e. The Hall–Kier alpha value is -1.30. The molecule has 0 nitrogen and oxygen atoms in total. The molecule has 162 valence electrons. The third kappa shape index (κ3) is 18.1. The molecular formula is C28H50. The second-order valence-corrected chi connectivity index (χ2v) is 8.27. The molecule has 0 radical (unpaired) electrons. The first-order chi connectivity index (χ1) is 13.4. The second kappa shape index (κ2) is 20.4. The molecule has 0 heterocycles. The Balaban J connectivity index is 0. The number of hydrogen-bond donors (Lipinski definition) is 0. The van der Waals surface area contributed by atoms with Gasteiger partial charge in [0, 0.05) is 0 Å². The van der Waals surface area contributed by atoms with Gasteiger partial charge in [-0.1, -0.05) is 134 Å². The standard InChI is InChI=1S/C14H20.C5H8.C5H12.C4H10/c1-11-3-7-13(8-4-11)14-9-5-12(2)6-10-14;1-4-5(2)3;1-3-5-4-2;1-3-4-2/h3-4,7-8,12,14H,5-6,9-10H2,1-2H3;4H,1-2H2,3H3;3-5H2,1-2H3;3-4H2,1-2H3. The summed E-state index contributed by atoms with van der Waals surface area (Å²) in [6.45, 7) is 22.3. The predicted octanol–water partition coefficient (Wildman–Crippen LogP) is 10.0. The van der Waals surface area contributed by atoms with Gasteiger partial charge in [0.2, 0.25) is 0 Å². The van der Waals surface area contributed by atoms with E-state index >= 15 is 0 Å². The highest BCUT2D eigenvalue weighted by molar-refractivity contribution is 5.24. The summed E-state index contributed by atoms with van der Waals surface area (Å²) in [7, 11) is 0. The van der Waals surface area contributed by atoms with Gasteiger partial charge in [0.05, 0.1) is 0 Å². The lowest BCUT2D eigenvalue weighted by molar-refractivity contribution is 0.348. The third-order valence-electron chi connectivity index (χ3n) is 5.12. The predicted molar refractivity (Wildman–Crippen MR) is 132 cm³/mol. The molecule has 0 aliphatic heterocycles. The fraction of sp³-hybridized carbons (Fsp3) is 0.643. The first kappa shape index (κ1) is 28.9. The summed E-state index contributed by atoms with van der Waals surface area (Å²) in [6.07, 6.45) is 14.1. The maximum absolute atomic E-state index is 3.56. The lowest BCUT2D eigenvalue weighted by Crippen LogP contribution is -2.10. The van der Waals surface area contributed by atoms with Crippen LogP contribution in [0.15, 0.2) is 49.1 Å². The van der Waals surface area contributed by atoms with E-state index < -0.39 is 0 Å². The highest BCUT2D eigenvalue weighted by atomic mass is 14.2. The lowest BCUT2D eigenvalue weighted by atomic mass is 9.79. The highest BCUT2D eigenvalue weighted by Crippen LogP contribution is 2.35.